The van der Waals surface area contributed by atoms with Gasteiger partial charge in [-0.1, -0.05) is 11.6 Å². The van der Waals surface area contributed by atoms with Crippen molar-refractivity contribution >= 4 is 25.6 Å². The molecule has 0 atom stereocenters. The molecule has 1 aromatic carbocycles. The van der Waals surface area contributed by atoms with Crippen molar-refractivity contribution in [2.45, 2.75) is 19.6 Å². The van der Waals surface area contributed by atoms with Crippen LogP contribution in [0.5, 0.6) is 5.75 Å². The molecule has 0 spiro atoms. The van der Waals surface area contributed by atoms with Crippen molar-refractivity contribution in [3.8, 4) is 5.75 Å². The lowest BCUT2D eigenvalue weighted by molar-refractivity contribution is -0.384. The van der Waals surface area contributed by atoms with E-state index >= 15 is 0 Å². The van der Waals surface area contributed by atoms with Gasteiger partial charge in [-0.05, 0) is 31.8 Å². The van der Waals surface area contributed by atoms with Gasteiger partial charge in [0, 0.05) is 0 Å². The van der Waals surface area contributed by atoms with Crippen LogP contribution < -0.4 is 4.43 Å². The second-order valence-corrected chi connectivity index (χ2v) is 8.92. The zero-order valence-corrected chi connectivity index (χ0v) is 10.5. The molecule has 0 saturated heterocycles. The second kappa shape index (κ2) is 4.20. The van der Waals surface area contributed by atoms with Crippen molar-refractivity contribution in [3.05, 3.63) is 33.3 Å². The minimum absolute atomic E-state index is 0.118. The highest BCUT2D eigenvalue weighted by molar-refractivity contribution is 6.70. The predicted molar refractivity (Wildman–Crippen MR) is 62.1 cm³/mol. The SMILES string of the molecule is C[Si](C)(C)Oc1ccc(Cl)c([N+](=O)[O-])c1. The first-order valence-corrected chi connectivity index (χ1v) is 8.21. The van der Waals surface area contributed by atoms with Crippen molar-refractivity contribution < 1.29 is 9.35 Å². The summed E-state index contributed by atoms with van der Waals surface area (Å²) in [7, 11) is -1.74. The maximum atomic E-state index is 10.6. The monoisotopic (exact) mass is 245 g/mol. The van der Waals surface area contributed by atoms with E-state index in [9.17, 15) is 10.1 Å². The van der Waals surface area contributed by atoms with E-state index in [1.54, 1.807) is 6.07 Å². The molecule has 0 aliphatic rings. The number of nitro benzene ring substituents is 1. The zero-order chi connectivity index (χ0) is 11.6. The van der Waals surface area contributed by atoms with Gasteiger partial charge in [0.2, 0.25) is 8.32 Å². The summed E-state index contributed by atoms with van der Waals surface area (Å²) in [6, 6.07) is 4.49. The summed E-state index contributed by atoms with van der Waals surface area (Å²) in [6.45, 7) is 6.02. The van der Waals surface area contributed by atoms with Gasteiger partial charge in [0.1, 0.15) is 10.8 Å². The van der Waals surface area contributed by atoms with E-state index in [1.165, 1.54) is 12.1 Å². The predicted octanol–water partition coefficient (Wildman–Crippen LogP) is 3.46. The fourth-order valence-electron chi connectivity index (χ4n) is 1.05. The first-order chi connectivity index (χ1) is 6.79. The van der Waals surface area contributed by atoms with E-state index in [0.29, 0.717) is 5.75 Å². The van der Waals surface area contributed by atoms with Crippen LogP contribution in [0.1, 0.15) is 0 Å². The smallest absolute Gasteiger partial charge is 0.291 e. The molecule has 6 heteroatoms. The van der Waals surface area contributed by atoms with Crippen molar-refractivity contribution in [2.75, 3.05) is 0 Å². The average Bonchev–Trinajstić information content (AvgIpc) is 2.05. The molecule has 1 rings (SSSR count). The molecule has 4 nitrogen and oxygen atoms in total. The Hall–Kier alpha value is -1.07. The fraction of sp³-hybridized carbons (Fsp3) is 0.333. The largest absolute Gasteiger partial charge is 0.544 e. The molecule has 0 unspecified atom stereocenters. The van der Waals surface area contributed by atoms with E-state index < -0.39 is 13.2 Å². The van der Waals surface area contributed by atoms with Crippen LogP contribution in [-0.2, 0) is 0 Å². The molecule has 15 heavy (non-hydrogen) atoms. The van der Waals surface area contributed by atoms with Crippen LogP contribution in [0, 0.1) is 10.1 Å². The van der Waals surface area contributed by atoms with E-state index in [0.717, 1.165) is 0 Å². The molecular formula is C9H12ClNO3Si. The highest BCUT2D eigenvalue weighted by atomic mass is 35.5. The lowest BCUT2D eigenvalue weighted by atomic mass is 10.3. The van der Waals surface area contributed by atoms with Gasteiger partial charge >= 0.3 is 0 Å². The van der Waals surface area contributed by atoms with Gasteiger partial charge in [-0.15, -0.1) is 0 Å². The molecule has 0 saturated carbocycles. The van der Waals surface area contributed by atoms with Crippen molar-refractivity contribution in [2.24, 2.45) is 0 Å². The van der Waals surface area contributed by atoms with Gasteiger partial charge in [-0.3, -0.25) is 10.1 Å². The number of nitro groups is 1. The van der Waals surface area contributed by atoms with Crippen molar-refractivity contribution in [3.63, 3.8) is 0 Å². The Morgan fingerprint density at radius 2 is 2.00 bits per heavy atom. The third kappa shape index (κ3) is 3.52. The number of nitrogens with zero attached hydrogens (tertiary/aromatic N) is 1. The van der Waals surface area contributed by atoms with Gasteiger partial charge < -0.3 is 4.43 Å². The van der Waals surface area contributed by atoms with Crippen LogP contribution in [0.15, 0.2) is 18.2 Å². The first-order valence-electron chi connectivity index (χ1n) is 4.42. The van der Waals surface area contributed by atoms with Crippen LogP contribution in [0.2, 0.25) is 24.7 Å². The quantitative estimate of drug-likeness (QED) is 0.466. The van der Waals surface area contributed by atoms with Crippen LogP contribution >= 0.6 is 11.6 Å². The third-order valence-electron chi connectivity index (χ3n) is 1.54. The molecule has 1 aromatic rings. The molecule has 0 aliphatic carbocycles. The molecule has 0 heterocycles. The molecule has 0 aromatic heterocycles. The minimum Gasteiger partial charge on any atom is -0.544 e. The van der Waals surface area contributed by atoms with E-state index in [-0.39, 0.29) is 10.7 Å². The summed E-state index contributed by atoms with van der Waals surface area (Å²) in [6.07, 6.45) is 0. The third-order valence-corrected chi connectivity index (χ3v) is 2.71. The molecule has 82 valence electrons. The summed E-state index contributed by atoms with van der Waals surface area (Å²) in [5, 5.41) is 10.7. The number of rotatable bonds is 3. The highest BCUT2D eigenvalue weighted by Gasteiger charge is 2.19. The van der Waals surface area contributed by atoms with Crippen LogP contribution in [0.25, 0.3) is 0 Å². The summed E-state index contributed by atoms with van der Waals surface area (Å²) in [5.74, 6) is 0.505. The summed E-state index contributed by atoms with van der Waals surface area (Å²) >= 11 is 5.68. The highest BCUT2D eigenvalue weighted by Crippen LogP contribution is 2.29. The maximum Gasteiger partial charge on any atom is 0.291 e. The maximum absolute atomic E-state index is 10.6. The topological polar surface area (TPSA) is 52.4 Å². The lowest BCUT2D eigenvalue weighted by Crippen LogP contribution is -2.29. The van der Waals surface area contributed by atoms with Crippen LogP contribution in [0.4, 0.5) is 5.69 Å². The molecule has 0 aliphatic heterocycles. The molecule has 0 bridgehead atoms. The van der Waals surface area contributed by atoms with Gasteiger partial charge in [-0.2, -0.15) is 0 Å². The summed E-state index contributed by atoms with van der Waals surface area (Å²) in [4.78, 5) is 10.1. The summed E-state index contributed by atoms with van der Waals surface area (Å²) in [5.41, 5.74) is -0.118. The van der Waals surface area contributed by atoms with Crippen LogP contribution in [-0.4, -0.2) is 13.2 Å². The van der Waals surface area contributed by atoms with E-state index in [2.05, 4.69) is 0 Å². The standard InChI is InChI=1S/C9H12ClNO3Si/c1-15(2,3)14-7-4-5-8(10)9(6-7)11(12)13/h4-6H,1-3H3. The van der Waals surface area contributed by atoms with E-state index in [4.69, 9.17) is 16.0 Å². The molecule has 0 fully saturated rings. The molecular weight excluding hydrogens is 234 g/mol. The van der Waals surface area contributed by atoms with Crippen molar-refractivity contribution in [1.82, 2.24) is 0 Å². The Morgan fingerprint density at radius 1 is 1.40 bits per heavy atom. The number of hydrogen-bond acceptors (Lipinski definition) is 3. The Bertz CT molecular complexity index is 389. The van der Waals surface area contributed by atoms with Crippen LogP contribution in [0.3, 0.4) is 0 Å². The first kappa shape index (κ1) is 12.0. The molecule has 0 amide bonds. The van der Waals surface area contributed by atoms with Gasteiger partial charge in [-0.25, -0.2) is 0 Å². The van der Waals surface area contributed by atoms with Gasteiger partial charge in [0.05, 0.1) is 11.0 Å². The number of halogens is 1. The zero-order valence-electron chi connectivity index (χ0n) is 8.78. The lowest BCUT2D eigenvalue weighted by Gasteiger charge is -2.18. The Kier molecular flexibility index (Phi) is 3.36. The normalized spacial score (nSPS) is 11.2. The van der Waals surface area contributed by atoms with Crippen molar-refractivity contribution in [1.29, 1.82) is 0 Å². The minimum atomic E-state index is -1.74. The van der Waals surface area contributed by atoms with E-state index in [1.807, 2.05) is 19.6 Å². The Labute approximate surface area is 94.1 Å². The van der Waals surface area contributed by atoms with Gasteiger partial charge in [0.15, 0.2) is 0 Å². The number of hydrogen-bond donors (Lipinski definition) is 0. The fourth-order valence-corrected chi connectivity index (χ4v) is 2.07. The Balaban J connectivity index is 3.03. The molecule has 0 radical (unpaired) electrons. The number of benzene rings is 1. The molecule has 0 N–H and O–H groups in total. The summed E-state index contributed by atoms with van der Waals surface area (Å²) < 4.78 is 5.62. The van der Waals surface area contributed by atoms with Gasteiger partial charge in [0.25, 0.3) is 5.69 Å². The Morgan fingerprint density at radius 3 is 2.47 bits per heavy atom. The average molecular weight is 246 g/mol. The second-order valence-electron chi connectivity index (χ2n) is 4.08.